The van der Waals surface area contributed by atoms with Gasteiger partial charge in [0.05, 0.1) is 0 Å². The van der Waals surface area contributed by atoms with Crippen LogP contribution in [-0.4, -0.2) is 5.91 Å². The highest BCUT2D eigenvalue weighted by Gasteiger charge is 2.13. The van der Waals surface area contributed by atoms with Gasteiger partial charge in [0, 0.05) is 22.6 Å². The summed E-state index contributed by atoms with van der Waals surface area (Å²) in [6, 6.07) is 22.0. The highest BCUT2D eigenvalue weighted by Crippen LogP contribution is 2.28. The molecule has 0 aliphatic rings. The number of benzene rings is 3. The third-order valence-corrected chi connectivity index (χ3v) is 3.52. The zero-order valence-electron chi connectivity index (χ0n) is 12.5. The number of nitrogens with two attached hydrogens (primary N) is 2. The summed E-state index contributed by atoms with van der Waals surface area (Å²) in [6.07, 6.45) is 0. The topological polar surface area (TPSA) is 81.1 Å². The van der Waals surface area contributed by atoms with Gasteiger partial charge in [-0.1, -0.05) is 30.3 Å². The molecule has 0 saturated carbocycles. The summed E-state index contributed by atoms with van der Waals surface area (Å²) in [5.74, 6) is -0.186. The largest absolute Gasteiger partial charge is 0.399 e. The lowest BCUT2D eigenvalue weighted by molar-refractivity contribution is 0.102. The van der Waals surface area contributed by atoms with Crippen LogP contribution in [0.25, 0.3) is 11.1 Å². The molecule has 23 heavy (non-hydrogen) atoms. The summed E-state index contributed by atoms with van der Waals surface area (Å²) in [6.45, 7) is 0. The number of nitrogens with one attached hydrogen (secondary N) is 1. The Balaban J connectivity index is 2.01. The lowest BCUT2D eigenvalue weighted by atomic mass is 9.98. The monoisotopic (exact) mass is 303 g/mol. The third kappa shape index (κ3) is 3.32. The lowest BCUT2D eigenvalue weighted by Gasteiger charge is -2.12. The molecule has 3 aromatic rings. The van der Waals surface area contributed by atoms with Crippen LogP contribution in [0.15, 0.2) is 72.8 Å². The van der Waals surface area contributed by atoms with Gasteiger partial charge in [0.15, 0.2) is 0 Å². The summed E-state index contributed by atoms with van der Waals surface area (Å²) in [5.41, 5.74) is 15.9. The van der Waals surface area contributed by atoms with Crippen LogP contribution in [0.1, 0.15) is 10.4 Å². The van der Waals surface area contributed by atoms with E-state index in [-0.39, 0.29) is 5.91 Å². The first-order valence-electron chi connectivity index (χ1n) is 7.25. The predicted octanol–water partition coefficient (Wildman–Crippen LogP) is 3.77. The predicted molar refractivity (Wildman–Crippen MR) is 95.1 cm³/mol. The number of para-hydroxylation sites is 1. The minimum absolute atomic E-state index is 0.186. The number of hydrogen-bond acceptors (Lipinski definition) is 3. The fourth-order valence-corrected chi connectivity index (χ4v) is 2.42. The molecule has 0 bridgehead atoms. The van der Waals surface area contributed by atoms with E-state index in [1.165, 1.54) is 0 Å². The number of hydrogen-bond donors (Lipinski definition) is 3. The number of anilines is 3. The zero-order chi connectivity index (χ0) is 16.2. The van der Waals surface area contributed by atoms with Gasteiger partial charge in [-0.25, -0.2) is 0 Å². The third-order valence-electron chi connectivity index (χ3n) is 3.52. The maximum Gasteiger partial charge on any atom is 0.256 e. The number of amides is 1. The SMILES string of the molecule is Nc1cccc(-c2cc(N)ccc2C(=O)Nc2ccccc2)c1. The summed E-state index contributed by atoms with van der Waals surface area (Å²) >= 11 is 0. The summed E-state index contributed by atoms with van der Waals surface area (Å²) in [7, 11) is 0. The molecule has 0 aromatic heterocycles. The molecular weight excluding hydrogens is 286 g/mol. The molecular formula is C19H17N3O. The molecule has 0 atom stereocenters. The highest BCUT2D eigenvalue weighted by atomic mass is 16.1. The van der Waals surface area contributed by atoms with Crippen LogP contribution in [-0.2, 0) is 0 Å². The Morgan fingerprint density at radius 1 is 0.783 bits per heavy atom. The molecule has 4 nitrogen and oxygen atoms in total. The van der Waals surface area contributed by atoms with Gasteiger partial charge in [0.2, 0.25) is 0 Å². The van der Waals surface area contributed by atoms with Crippen LogP contribution < -0.4 is 16.8 Å². The van der Waals surface area contributed by atoms with Crippen molar-refractivity contribution < 1.29 is 4.79 Å². The normalized spacial score (nSPS) is 10.3. The number of carbonyl (C=O) groups is 1. The number of nitrogen functional groups attached to an aromatic ring is 2. The summed E-state index contributed by atoms with van der Waals surface area (Å²) in [5, 5.41) is 2.89. The van der Waals surface area contributed by atoms with Crippen LogP contribution in [0.3, 0.4) is 0 Å². The van der Waals surface area contributed by atoms with Crippen molar-refractivity contribution in [1.29, 1.82) is 0 Å². The van der Waals surface area contributed by atoms with Gasteiger partial charge in [-0.3, -0.25) is 4.79 Å². The molecule has 0 aliphatic heterocycles. The van der Waals surface area contributed by atoms with Crippen molar-refractivity contribution in [3.05, 3.63) is 78.4 Å². The van der Waals surface area contributed by atoms with Crippen molar-refractivity contribution in [3.63, 3.8) is 0 Å². The van der Waals surface area contributed by atoms with Crippen molar-refractivity contribution in [3.8, 4) is 11.1 Å². The molecule has 3 aromatic carbocycles. The molecule has 0 unspecified atom stereocenters. The van der Waals surface area contributed by atoms with E-state index in [0.29, 0.717) is 16.9 Å². The van der Waals surface area contributed by atoms with Crippen LogP contribution in [0.4, 0.5) is 17.1 Å². The van der Waals surface area contributed by atoms with E-state index in [4.69, 9.17) is 11.5 Å². The van der Waals surface area contributed by atoms with Crippen molar-refractivity contribution in [1.82, 2.24) is 0 Å². The van der Waals surface area contributed by atoms with E-state index in [2.05, 4.69) is 5.32 Å². The molecule has 0 spiro atoms. The van der Waals surface area contributed by atoms with E-state index in [1.807, 2.05) is 48.5 Å². The maximum atomic E-state index is 12.6. The molecule has 0 heterocycles. The van der Waals surface area contributed by atoms with Crippen LogP contribution >= 0.6 is 0 Å². The second-order valence-electron chi connectivity index (χ2n) is 5.25. The Hall–Kier alpha value is -3.27. The van der Waals surface area contributed by atoms with Crippen molar-refractivity contribution >= 4 is 23.0 Å². The van der Waals surface area contributed by atoms with Crippen molar-refractivity contribution in [2.24, 2.45) is 0 Å². The minimum Gasteiger partial charge on any atom is -0.399 e. The summed E-state index contributed by atoms with van der Waals surface area (Å²) in [4.78, 5) is 12.6. The number of rotatable bonds is 3. The Bertz CT molecular complexity index is 844. The van der Waals surface area contributed by atoms with Gasteiger partial charge in [-0.15, -0.1) is 0 Å². The first kappa shape index (κ1) is 14.7. The van der Waals surface area contributed by atoms with E-state index >= 15 is 0 Å². The second kappa shape index (κ2) is 6.23. The highest BCUT2D eigenvalue weighted by molar-refractivity contribution is 6.09. The van der Waals surface area contributed by atoms with Gasteiger partial charge in [0.1, 0.15) is 0 Å². The molecule has 1 amide bonds. The van der Waals surface area contributed by atoms with E-state index in [9.17, 15) is 4.79 Å². The van der Waals surface area contributed by atoms with Gasteiger partial charge >= 0.3 is 0 Å². The van der Waals surface area contributed by atoms with Crippen LogP contribution in [0, 0.1) is 0 Å². The summed E-state index contributed by atoms with van der Waals surface area (Å²) < 4.78 is 0. The Labute approximate surface area is 134 Å². The van der Waals surface area contributed by atoms with E-state index in [0.717, 1.165) is 16.8 Å². The zero-order valence-corrected chi connectivity index (χ0v) is 12.5. The van der Waals surface area contributed by atoms with Gasteiger partial charge in [-0.05, 0) is 53.6 Å². The fourth-order valence-electron chi connectivity index (χ4n) is 2.42. The van der Waals surface area contributed by atoms with Crippen LogP contribution in [0.2, 0.25) is 0 Å². The molecule has 0 saturated heterocycles. The standard InChI is InChI=1S/C19H17N3O/c20-14-6-4-5-13(11-14)18-12-15(21)9-10-17(18)19(23)22-16-7-2-1-3-8-16/h1-12H,20-21H2,(H,22,23). The van der Waals surface area contributed by atoms with Gasteiger partial charge in [-0.2, -0.15) is 0 Å². The molecule has 0 aliphatic carbocycles. The average Bonchev–Trinajstić information content (AvgIpc) is 2.55. The Kier molecular flexibility index (Phi) is 3.97. The van der Waals surface area contributed by atoms with E-state index in [1.54, 1.807) is 24.3 Å². The molecule has 0 radical (unpaired) electrons. The second-order valence-corrected chi connectivity index (χ2v) is 5.25. The number of carbonyl (C=O) groups excluding carboxylic acids is 1. The molecule has 0 fully saturated rings. The molecule has 114 valence electrons. The van der Waals surface area contributed by atoms with E-state index < -0.39 is 0 Å². The fraction of sp³-hybridized carbons (Fsp3) is 0. The first-order valence-corrected chi connectivity index (χ1v) is 7.25. The molecule has 4 heteroatoms. The van der Waals surface area contributed by atoms with Crippen molar-refractivity contribution in [2.75, 3.05) is 16.8 Å². The average molecular weight is 303 g/mol. The van der Waals surface area contributed by atoms with Gasteiger partial charge in [0.25, 0.3) is 5.91 Å². The van der Waals surface area contributed by atoms with Crippen molar-refractivity contribution in [2.45, 2.75) is 0 Å². The molecule has 5 N–H and O–H groups in total. The van der Waals surface area contributed by atoms with Gasteiger partial charge < -0.3 is 16.8 Å². The quantitative estimate of drug-likeness (QED) is 0.644. The molecule has 3 rings (SSSR count). The Morgan fingerprint density at radius 3 is 2.26 bits per heavy atom. The smallest absolute Gasteiger partial charge is 0.256 e. The first-order chi connectivity index (χ1) is 11.1. The Morgan fingerprint density at radius 2 is 1.52 bits per heavy atom. The minimum atomic E-state index is -0.186. The van der Waals surface area contributed by atoms with Crippen LogP contribution in [0.5, 0.6) is 0 Å². The maximum absolute atomic E-state index is 12.6. The lowest BCUT2D eigenvalue weighted by Crippen LogP contribution is -2.13.